The van der Waals surface area contributed by atoms with E-state index in [1.165, 1.54) is 6.92 Å². The third-order valence-electron chi connectivity index (χ3n) is 1.58. The fraction of sp³-hybridized carbons (Fsp3) is 0.429. The van der Waals surface area contributed by atoms with E-state index in [1.54, 1.807) is 0 Å². The molecule has 88 valence electrons. The Morgan fingerprint density at radius 2 is 2.38 bits per heavy atom. The van der Waals surface area contributed by atoms with Gasteiger partial charge in [-0.25, -0.2) is 4.79 Å². The highest BCUT2D eigenvalue weighted by atomic mass is 19.3. The maximum Gasteiger partial charge on any atom is 0.404 e. The highest BCUT2D eigenvalue weighted by molar-refractivity contribution is 5.92. The van der Waals surface area contributed by atoms with Crippen LogP contribution in [-0.4, -0.2) is 27.3 Å². The molecule has 1 aromatic heterocycles. The summed E-state index contributed by atoms with van der Waals surface area (Å²) in [5.74, 6) is -2.00. The second-order valence-corrected chi connectivity index (χ2v) is 2.60. The number of nitro groups is 1. The molecule has 0 spiro atoms. The molecular formula is C7H7F2N3O4. The first kappa shape index (κ1) is 12.0. The van der Waals surface area contributed by atoms with Gasteiger partial charge in [0.15, 0.2) is 5.56 Å². The van der Waals surface area contributed by atoms with E-state index in [1.807, 2.05) is 0 Å². The smallest absolute Gasteiger partial charge is 0.404 e. The van der Waals surface area contributed by atoms with Crippen molar-refractivity contribution in [2.24, 2.45) is 0 Å². The third kappa shape index (κ3) is 2.30. The van der Waals surface area contributed by atoms with Gasteiger partial charge in [0, 0.05) is 0 Å². The predicted octanol–water partition coefficient (Wildman–Crippen LogP) is 1.36. The quantitative estimate of drug-likeness (QED) is 0.446. The molecule has 9 heteroatoms. The molecule has 0 unspecified atom stereocenters. The van der Waals surface area contributed by atoms with Crippen molar-refractivity contribution < 1.29 is 23.2 Å². The van der Waals surface area contributed by atoms with E-state index < -0.39 is 28.8 Å². The van der Waals surface area contributed by atoms with E-state index >= 15 is 0 Å². The van der Waals surface area contributed by atoms with Crippen LogP contribution in [0.2, 0.25) is 0 Å². The number of carbonyl (C=O) groups excluding carboxylic acids is 1. The highest BCUT2D eigenvalue weighted by Crippen LogP contribution is 2.20. The van der Waals surface area contributed by atoms with Crippen molar-refractivity contribution in [2.45, 2.75) is 13.5 Å². The van der Waals surface area contributed by atoms with Gasteiger partial charge >= 0.3 is 18.3 Å². The molecule has 1 rings (SSSR count). The maximum atomic E-state index is 12.2. The zero-order valence-electron chi connectivity index (χ0n) is 8.09. The highest BCUT2D eigenvalue weighted by Gasteiger charge is 2.29. The zero-order valence-corrected chi connectivity index (χ0v) is 8.09. The van der Waals surface area contributed by atoms with Gasteiger partial charge in [0.05, 0.1) is 17.9 Å². The topological polar surface area (TPSA) is 87.3 Å². The summed E-state index contributed by atoms with van der Waals surface area (Å²) in [6, 6.07) is 0. The minimum absolute atomic E-state index is 0.0180. The van der Waals surface area contributed by atoms with Crippen LogP contribution in [0.3, 0.4) is 0 Å². The van der Waals surface area contributed by atoms with Gasteiger partial charge in [0.1, 0.15) is 0 Å². The molecule has 0 aromatic carbocycles. The normalized spacial score (nSPS) is 10.5. The summed E-state index contributed by atoms with van der Waals surface area (Å²) < 4.78 is 28.9. The summed E-state index contributed by atoms with van der Waals surface area (Å²) in [4.78, 5) is 20.6. The van der Waals surface area contributed by atoms with Crippen molar-refractivity contribution in [3.63, 3.8) is 0 Å². The molecule has 0 amide bonds. The first-order valence-electron chi connectivity index (χ1n) is 4.16. The lowest BCUT2D eigenvalue weighted by Gasteiger charge is -1.97. The van der Waals surface area contributed by atoms with Gasteiger partial charge in [-0.1, -0.05) is 0 Å². The summed E-state index contributed by atoms with van der Waals surface area (Å²) in [7, 11) is 0. The van der Waals surface area contributed by atoms with E-state index in [0.717, 1.165) is 0 Å². The summed E-state index contributed by atoms with van der Waals surface area (Å²) >= 11 is 0. The van der Waals surface area contributed by atoms with Crippen molar-refractivity contribution >= 4 is 11.8 Å². The molecule has 0 radical (unpaired) electrons. The lowest BCUT2D eigenvalue weighted by Crippen LogP contribution is -2.06. The molecule has 0 N–H and O–H groups in total. The van der Waals surface area contributed by atoms with Gasteiger partial charge in [-0.05, 0) is 11.8 Å². The summed E-state index contributed by atoms with van der Waals surface area (Å²) in [5.41, 5.74) is -0.591. The van der Waals surface area contributed by atoms with E-state index in [9.17, 15) is 23.7 Å². The minimum Gasteiger partial charge on any atom is -0.462 e. The van der Waals surface area contributed by atoms with Crippen molar-refractivity contribution in [1.82, 2.24) is 9.78 Å². The number of esters is 1. The van der Waals surface area contributed by atoms with Gasteiger partial charge in [-0.2, -0.15) is 8.78 Å². The maximum absolute atomic E-state index is 12.2. The van der Waals surface area contributed by atoms with Crippen LogP contribution in [0, 0.1) is 10.1 Å². The number of alkyl halides is 2. The Hall–Kier alpha value is -2.06. The second-order valence-electron chi connectivity index (χ2n) is 2.60. The van der Waals surface area contributed by atoms with Gasteiger partial charge in [0.2, 0.25) is 0 Å². The van der Waals surface area contributed by atoms with Crippen LogP contribution >= 0.6 is 0 Å². The Balaban J connectivity index is 3.15. The number of rotatable bonds is 4. The van der Waals surface area contributed by atoms with Crippen LogP contribution in [0.1, 0.15) is 23.8 Å². The number of ether oxygens (including phenoxy) is 1. The van der Waals surface area contributed by atoms with Crippen molar-refractivity contribution in [3.8, 4) is 0 Å². The Labute approximate surface area is 87.8 Å². The molecule has 7 nitrogen and oxygen atoms in total. The number of halogens is 2. The van der Waals surface area contributed by atoms with Gasteiger partial charge in [-0.3, -0.25) is 0 Å². The van der Waals surface area contributed by atoms with E-state index in [-0.39, 0.29) is 11.3 Å². The minimum atomic E-state index is -3.05. The SMILES string of the molecule is CCOC(=O)c1cn(C(F)F)nc1[N+](=O)[O-]. The fourth-order valence-electron chi connectivity index (χ4n) is 0.970. The molecule has 1 aromatic rings. The van der Waals surface area contributed by atoms with Gasteiger partial charge < -0.3 is 14.9 Å². The Morgan fingerprint density at radius 3 is 2.81 bits per heavy atom. The van der Waals surface area contributed by atoms with E-state index in [4.69, 9.17) is 0 Å². The van der Waals surface area contributed by atoms with Gasteiger partial charge in [-0.15, -0.1) is 4.68 Å². The van der Waals surface area contributed by atoms with Crippen LogP contribution in [0.15, 0.2) is 6.20 Å². The number of hydrogen-bond donors (Lipinski definition) is 0. The summed E-state index contributed by atoms with van der Waals surface area (Å²) in [6.45, 7) is -1.58. The van der Waals surface area contributed by atoms with Crippen molar-refractivity contribution in [3.05, 3.63) is 21.9 Å². The average Bonchev–Trinajstić information content (AvgIpc) is 2.62. The molecule has 16 heavy (non-hydrogen) atoms. The zero-order chi connectivity index (χ0) is 12.3. The van der Waals surface area contributed by atoms with Crippen molar-refractivity contribution in [2.75, 3.05) is 6.61 Å². The Morgan fingerprint density at radius 1 is 1.75 bits per heavy atom. The number of carbonyl (C=O) groups is 1. The molecule has 0 atom stereocenters. The molecule has 0 aliphatic heterocycles. The largest absolute Gasteiger partial charge is 0.462 e. The lowest BCUT2D eigenvalue weighted by molar-refractivity contribution is -0.390. The van der Waals surface area contributed by atoms with E-state index in [2.05, 4.69) is 9.84 Å². The molecular weight excluding hydrogens is 228 g/mol. The molecule has 0 aliphatic rings. The average molecular weight is 235 g/mol. The van der Waals surface area contributed by atoms with Crippen LogP contribution in [0.25, 0.3) is 0 Å². The molecule has 0 saturated heterocycles. The molecule has 0 fully saturated rings. The fourth-order valence-corrected chi connectivity index (χ4v) is 0.970. The van der Waals surface area contributed by atoms with Gasteiger partial charge in [0.25, 0.3) is 0 Å². The Kier molecular flexibility index (Phi) is 3.48. The third-order valence-corrected chi connectivity index (χ3v) is 1.58. The first-order chi connectivity index (χ1) is 7.47. The first-order valence-corrected chi connectivity index (χ1v) is 4.16. The molecule has 1 heterocycles. The van der Waals surface area contributed by atoms with Crippen LogP contribution in [0.4, 0.5) is 14.6 Å². The predicted molar refractivity (Wildman–Crippen MR) is 46.1 cm³/mol. The van der Waals surface area contributed by atoms with Crippen molar-refractivity contribution in [1.29, 1.82) is 0 Å². The number of hydrogen-bond acceptors (Lipinski definition) is 5. The summed E-state index contributed by atoms with van der Waals surface area (Å²) in [6.07, 6.45) is 0.584. The monoisotopic (exact) mass is 235 g/mol. The molecule has 0 saturated carbocycles. The molecule has 0 bridgehead atoms. The van der Waals surface area contributed by atoms with Crippen LogP contribution in [-0.2, 0) is 4.74 Å². The lowest BCUT2D eigenvalue weighted by atomic mass is 10.3. The number of aromatic nitrogens is 2. The molecule has 0 aliphatic carbocycles. The Bertz CT molecular complexity index is 418. The van der Waals surface area contributed by atoms with Crippen LogP contribution in [0.5, 0.6) is 0 Å². The standard InChI is InChI=1S/C7H7F2N3O4/c1-2-16-6(13)4-3-11(7(8)9)10-5(4)12(14)15/h3,7H,2H2,1H3. The number of nitrogens with zero attached hydrogens (tertiary/aromatic N) is 3. The van der Waals surface area contributed by atoms with Crippen LogP contribution < -0.4 is 0 Å². The van der Waals surface area contributed by atoms with E-state index in [0.29, 0.717) is 6.20 Å². The summed E-state index contributed by atoms with van der Waals surface area (Å²) in [5, 5.41) is 13.4. The second kappa shape index (κ2) is 4.64.